The Balaban J connectivity index is 2.75. The lowest BCUT2D eigenvalue weighted by Gasteiger charge is -2.33. The van der Waals surface area contributed by atoms with Crippen molar-refractivity contribution < 1.29 is 35.8 Å². The molecule has 152 valence electrons. The molecular formula is C14H14N2O10S2. The van der Waals surface area contributed by atoms with E-state index in [0.29, 0.717) is 17.7 Å². The van der Waals surface area contributed by atoms with E-state index in [1.807, 2.05) is 0 Å². The van der Waals surface area contributed by atoms with Gasteiger partial charge in [-0.1, -0.05) is 48.6 Å². The van der Waals surface area contributed by atoms with Crippen LogP contribution < -0.4 is 0 Å². The average molecular weight is 434 g/mol. The summed E-state index contributed by atoms with van der Waals surface area (Å²) in [6, 6.07) is 8.12. The minimum Gasteiger partial charge on any atom is -0.284 e. The molecule has 0 aliphatic heterocycles. The lowest BCUT2D eigenvalue weighted by molar-refractivity contribution is -0.804. The zero-order chi connectivity index (χ0) is 21.4. The Hall–Kier alpha value is -2.68. The summed E-state index contributed by atoms with van der Waals surface area (Å²) in [7, 11) is -11.5. The van der Waals surface area contributed by atoms with E-state index >= 15 is 0 Å². The van der Waals surface area contributed by atoms with Crippen molar-refractivity contribution in [3.8, 4) is 0 Å². The first kappa shape index (κ1) is 21.6. The molecule has 0 saturated carbocycles. The van der Waals surface area contributed by atoms with Crippen LogP contribution in [-0.4, -0.2) is 45.5 Å². The molecule has 14 heteroatoms. The van der Waals surface area contributed by atoms with E-state index < -0.39 is 52.2 Å². The molecule has 0 fully saturated rings. The van der Waals surface area contributed by atoms with Gasteiger partial charge < -0.3 is 0 Å². The number of hydrogen-bond donors (Lipinski definition) is 2. The Morgan fingerprint density at radius 2 is 1.50 bits per heavy atom. The number of rotatable bonds is 6. The molecule has 0 heterocycles. The smallest absolute Gasteiger partial charge is 0.284 e. The summed E-state index contributed by atoms with van der Waals surface area (Å²) in [4.78, 5) is 20.4. The molecule has 0 aromatic heterocycles. The fourth-order valence-corrected chi connectivity index (χ4v) is 5.22. The standard InChI is InChI=1S/C14H14N2O10S2/c17-15(18)14(16(19)20)10-13(27(21,22)23,28(24,25)26)9-8-12(14)7-6-11-4-2-1-3-5-11/h1-9,12H,10H2,(H,21,22,23)(H,24,25,26). The van der Waals surface area contributed by atoms with Gasteiger partial charge in [0.25, 0.3) is 24.3 Å². The zero-order valence-electron chi connectivity index (χ0n) is 13.9. The van der Waals surface area contributed by atoms with Gasteiger partial charge in [0, 0.05) is 0 Å². The molecule has 1 unspecified atom stereocenters. The highest BCUT2D eigenvalue weighted by Gasteiger charge is 2.73. The van der Waals surface area contributed by atoms with Gasteiger partial charge in [0.15, 0.2) is 0 Å². The molecule has 28 heavy (non-hydrogen) atoms. The number of nitrogens with zero attached hydrogens (tertiary/aromatic N) is 2. The Morgan fingerprint density at radius 1 is 1.00 bits per heavy atom. The monoisotopic (exact) mass is 434 g/mol. The summed E-state index contributed by atoms with van der Waals surface area (Å²) >= 11 is 0. The molecule has 0 radical (unpaired) electrons. The maximum Gasteiger partial charge on any atom is 0.470 e. The maximum atomic E-state index is 11.7. The average Bonchev–Trinajstić information content (AvgIpc) is 2.58. The Bertz CT molecular complexity index is 1010. The fraction of sp³-hybridized carbons (Fsp3) is 0.286. The number of nitro groups is 2. The summed E-state index contributed by atoms with van der Waals surface area (Å²) < 4.78 is 61.7. The third-order valence-corrected chi connectivity index (χ3v) is 7.97. The first-order valence-electron chi connectivity index (χ1n) is 7.43. The first-order chi connectivity index (χ1) is 12.8. The molecule has 1 aliphatic rings. The SMILES string of the molecule is O=[N+]([O-])C1([N+](=O)[O-])CC(S(=O)(=O)O)(S(=O)(=O)O)C=CC1C=Cc1ccccc1. The van der Waals surface area contributed by atoms with E-state index in [1.165, 1.54) is 6.08 Å². The predicted molar refractivity (Wildman–Crippen MR) is 95.3 cm³/mol. The van der Waals surface area contributed by atoms with E-state index in [1.54, 1.807) is 30.3 Å². The van der Waals surface area contributed by atoms with Crippen LogP contribution in [0.4, 0.5) is 0 Å². The van der Waals surface area contributed by atoms with Crippen LogP contribution in [0.25, 0.3) is 6.08 Å². The summed E-state index contributed by atoms with van der Waals surface area (Å²) in [5.74, 6) is -1.69. The second-order valence-corrected chi connectivity index (χ2v) is 9.60. The lowest BCUT2D eigenvalue weighted by atomic mass is 9.83. The molecule has 1 aromatic carbocycles. The van der Waals surface area contributed by atoms with Gasteiger partial charge in [-0.3, -0.25) is 29.3 Å². The van der Waals surface area contributed by atoms with Gasteiger partial charge in [0.1, 0.15) is 12.3 Å². The van der Waals surface area contributed by atoms with Crippen molar-refractivity contribution in [2.45, 2.75) is 16.2 Å². The quantitative estimate of drug-likeness (QED) is 0.214. The Morgan fingerprint density at radius 3 is 1.93 bits per heavy atom. The molecule has 2 rings (SSSR count). The van der Waals surface area contributed by atoms with Crippen LogP contribution >= 0.6 is 0 Å². The second kappa shape index (κ2) is 7.05. The molecule has 0 amide bonds. The van der Waals surface area contributed by atoms with Crippen molar-refractivity contribution in [3.05, 3.63) is 74.4 Å². The van der Waals surface area contributed by atoms with Crippen LogP contribution in [0, 0.1) is 26.1 Å². The third-order valence-electron chi connectivity index (χ3n) is 4.40. The van der Waals surface area contributed by atoms with Gasteiger partial charge in [-0.15, -0.1) is 0 Å². The molecule has 1 aliphatic carbocycles. The predicted octanol–water partition coefficient (Wildman–Crippen LogP) is 0.998. The van der Waals surface area contributed by atoms with Crippen LogP contribution in [0.15, 0.2) is 48.6 Å². The van der Waals surface area contributed by atoms with Crippen molar-refractivity contribution in [2.75, 3.05) is 0 Å². The highest BCUT2D eigenvalue weighted by molar-refractivity contribution is 8.05. The van der Waals surface area contributed by atoms with E-state index in [9.17, 15) is 46.2 Å². The molecular weight excluding hydrogens is 420 g/mol. The minimum atomic E-state index is -5.73. The van der Waals surface area contributed by atoms with Gasteiger partial charge in [-0.05, 0) is 11.6 Å². The molecule has 0 saturated heterocycles. The zero-order valence-corrected chi connectivity index (χ0v) is 15.5. The summed E-state index contributed by atoms with van der Waals surface area (Å²) in [5, 5.41) is 23.2. The van der Waals surface area contributed by atoms with Crippen LogP contribution in [0.5, 0.6) is 0 Å². The lowest BCUT2D eigenvalue weighted by Crippen LogP contribution is -2.61. The molecule has 1 atom stereocenters. The normalized spacial score (nSPS) is 21.4. The topological polar surface area (TPSA) is 195 Å². The highest BCUT2D eigenvalue weighted by Crippen LogP contribution is 2.44. The van der Waals surface area contributed by atoms with E-state index in [4.69, 9.17) is 0 Å². The molecule has 2 N–H and O–H groups in total. The van der Waals surface area contributed by atoms with Crippen LogP contribution in [0.1, 0.15) is 12.0 Å². The summed E-state index contributed by atoms with van der Waals surface area (Å²) in [6.45, 7) is 0. The van der Waals surface area contributed by atoms with Gasteiger partial charge in [0.2, 0.25) is 0 Å². The van der Waals surface area contributed by atoms with Gasteiger partial charge in [0.05, 0.1) is 9.85 Å². The highest BCUT2D eigenvalue weighted by atomic mass is 32.3. The van der Waals surface area contributed by atoms with Crippen LogP contribution in [-0.2, 0) is 20.2 Å². The van der Waals surface area contributed by atoms with Crippen molar-refractivity contribution in [3.63, 3.8) is 0 Å². The Labute approximate surface area is 159 Å². The van der Waals surface area contributed by atoms with Crippen molar-refractivity contribution >= 4 is 26.3 Å². The van der Waals surface area contributed by atoms with Crippen molar-refractivity contribution in [2.24, 2.45) is 5.92 Å². The van der Waals surface area contributed by atoms with Crippen molar-refractivity contribution in [1.82, 2.24) is 0 Å². The van der Waals surface area contributed by atoms with Crippen LogP contribution in [0.3, 0.4) is 0 Å². The fourth-order valence-electron chi connectivity index (χ4n) is 2.87. The third kappa shape index (κ3) is 3.42. The largest absolute Gasteiger partial charge is 0.470 e. The van der Waals surface area contributed by atoms with Crippen molar-refractivity contribution in [1.29, 1.82) is 0 Å². The van der Waals surface area contributed by atoms with E-state index in [0.717, 1.165) is 6.08 Å². The van der Waals surface area contributed by atoms with Crippen LogP contribution in [0.2, 0.25) is 0 Å². The van der Waals surface area contributed by atoms with Gasteiger partial charge in [-0.25, -0.2) is 0 Å². The van der Waals surface area contributed by atoms with Gasteiger partial charge >= 0.3 is 5.66 Å². The summed E-state index contributed by atoms with van der Waals surface area (Å²) in [6.07, 6.45) is 1.40. The van der Waals surface area contributed by atoms with E-state index in [-0.39, 0.29) is 0 Å². The van der Waals surface area contributed by atoms with E-state index in [2.05, 4.69) is 0 Å². The molecule has 1 aromatic rings. The van der Waals surface area contributed by atoms with Gasteiger partial charge in [-0.2, -0.15) is 16.8 Å². The first-order valence-corrected chi connectivity index (χ1v) is 10.3. The molecule has 0 spiro atoms. The number of benzene rings is 1. The maximum absolute atomic E-state index is 11.7. The molecule has 12 nitrogen and oxygen atoms in total. The minimum absolute atomic E-state index is 0.308. The Kier molecular flexibility index (Phi) is 5.44. The number of hydrogen-bond acceptors (Lipinski definition) is 8. The molecule has 0 bridgehead atoms. The second-order valence-electron chi connectivity index (χ2n) is 5.99. The summed E-state index contributed by atoms with van der Waals surface area (Å²) in [5.41, 5.74) is -2.87.